The van der Waals surface area contributed by atoms with Crippen LogP contribution < -0.4 is 0 Å². The number of alkyl halides is 1. The summed E-state index contributed by atoms with van der Waals surface area (Å²) in [5, 5.41) is 0. The van der Waals surface area contributed by atoms with E-state index in [1.165, 1.54) is 51.3 Å². The van der Waals surface area contributed by atoms with Crippen molar-refractivity contribution in [1.29, 1.82) is 0 Å². The molecule has 2 nitrogen and oxygen atoms in total. The van der Waals surface area contributed by atoms with Crippen LogP contribution in [0, 0.1) is 0 Å². The van der Waals surface area contributed by atoms with Crippen LogP contribution in [0.25, 0.3) is 0 Å². The van der Waals surface area contributed by atoms with Gasteiger partial charge in [-0.25, -0.2) is 4.98 Å². The average molecular weight is 228 g/mol. The van der Waals surface area contributed by atoms with Crippen molar-refractivity contribution in [1.82, 2.24) is 4.98 Å². The standard InChI is InChI=1S/C12H18ClNO/c13-8-11-12(15-9-14-11)10-6-4-2-1-3-5-7-10/h9-10H,1-8H2. The molecule has 15 heavy (non-hydrogen) atoms. The molecule has 0 amide bonds. The molecule has 1 aromatic heterocycles. The van der Waals surface area contributed by atoms with Crippen LogP contribution in [-0.2, 0) is 5.88 Å². The van der Waals surface area contributed by atoms with Gasteiger partial charge in [-0.1, -0.05) is 32.1 Å². The minimum absolute atomic E-state index is 0.475. The molecule has 0 N–H and O–H groups in total. The molecule has 0 radical (unpaired) electrons. The van der Waals surface area contributed by atoms with E-state index >= 15 is 0 Å². The Bertz CT molecular complexity index is 290. The molecule has 1 heterocycles. The van der Waals surface area contributed by atoms with Gasteiger partial charge in [-0.05, 0) is 12.8 Å². The molecule has 1 aliphatic carbocycles. The Kier molecular flexibility index (Phi) is 4.07. The smallest absolute Gasteiger partial charge is 0.181 e. The van der Waals surface area contributed by atoms with E-state index in [4.69, 9.17) is 16.0 Å². The molecule has 2 rings (SSSR count). The number of nitrogens with zero attached hydrogens (tertiary/aromatic N) is 1. The summed E-state index contributed by atoms with van der Waals surface area (Å²) < 4.78 is 5.50. The highest BCUT2D eigenvalue weighted by molar-refractivity contribution is 6.16. The molecule has 1 saturated carbocycles. The summed E-state index contributed by atoms with van der Waals surface area (Å²) in [6.07, 6.45) is 10.7. The molecule has 1 aliphatic rings. The fourth-order valence-electron chi connectivity index (χ4n) is 2.43. The predicted octanol–water partition coefficient (Wildman–Crippen LogP) is 4.24. The van der Waals surface area contributed by atoms with E-state index < -0.39 is 0 Å². The second kappa shape index (κ2) is 5.55. The molecule has 0 bridgehead atoms. The van der Waals surface area contributed by atoms with Crippen LogP contribution in [0.4, 0.5) is 0 Å². The number of hydrogen-bond donors (Lipinski definition) is 0. The molecule has 0 saturated heterocycles. The Morgan fingerprint density at radius 2 is 1.87 bits per heavy atom. The van der Waals surface area contributed by atoms with Gasteiger partial charge in [0.05, 0.1) is 11.6 Å². The first-order valence-corrected chi connectivity index (χ1v) is 6.43. The van der Waals surface area contributed by atoms with Gasteiger partial charge < -0.3 is 4.42 Å². The van der Waals surface area contributed by atoms with Crippen LogP contribution in [0.1, 0.15) is 62.3 Å². The number of aromatic nitrogens is 1. The molecule has 0 aromatic carbocycles. The van der Waals surface area contributed by atoms with Gasteiger partial charge in [0.15, 0.2) is 6.39 Å². The molecule has 0 atom stereocenters. The Hall–Kier alpha value is -0.500. The van der Waals surface area contributed by atoms with Crippen molar-refractivity contribution in [2.75, 3.05) is 0 Å². The van der Waals surface area contributed by atoms with Gasteiger partial charge in [0, 0.05) is 5.92 Å². The van der Waals surface area contributed by atoms with Gasteiger partial charge in [0.2, 0.25) is 0 Å². The Morgan fingerprint density at radius 3 is 2.53 bits per heavy atom. The van der Waals surface area contributed by atoms with E-state index in [-0.39, 0.29) is 0 Å². The van der Waals surface area contributed by atoms with Crippen LogP contribution in [-0.4, -0.2) is 4.98 Å². The third-order valence-electron chi connectivity index (χ3n) is 3.28. The minimum atomic E-state index is 0.475. The molecule has 0 unspecified atom stereocenters. The SMILES string of the molecule is ClCc1ncoc1C1CCCCCCC1. The predicted molar refractivity (Wildman–Crippen MR) is 61.1 cm³/mol. The molecule has 0 spiro atoms. The van der Waals surface area contributed by atoms with Gasteiger partial charge in [-0.3, -0.25) is 0 Å². The van der Waals surface area contributed by atoms with Crippen LogP contribution in [0.5, 0.6) is 0 Å². The number of halogens is 1. The summed E-state index contributed by atoms with van der Waals surface area (Å²) in [6.45, 7) is 0. The zero-order chi connectivity index (χ0) is 10.5. The van der Waals surface area contributed by atoms with Gasteiger partial charge in [0.25, 0.3) is 0 Å². The van der Waals surface area contributed by atoms with Crippen molar-refractivity contribution in [3.8, 4) is 0 Å². The van der Waals surface area contributed by atoms with E-state index in [1.807, 2.05) is 0 Å². The van der Waals surface area contributed by atoms with Crippen LogP contribution in [0.15, 0.2) is 10.8 Å². The highest BCUT2D eigenvalue weighted by Gasteiger charge is 2.20. The second-order valence-electron chi connectivity index (χ2n) is 4.34. The first-order valence-electron chi connectivity index (χ1n) is 5.90. The molecule has 0 aliphatic heterocycles. The van der Waals surface area contributed by atoms with Crippen LogP contribution in [0.2, 0.25) is 0 Å². The summed E-state index contributed by atoms with van der Waals surface area (Å²) in [6, 6.07) is 0. The lowest BCUT2D eigenvalue weighted by atomic mass is 9.89. The van der Waals surface area contributed by atoms with E-state index in [9.17, 15) is 0 Å². The van der Waals surface area contributed by atoms with Gasteiger partial charge in [0.1, 0.15) is 5.76 Å². The lowest BCUT2D eigenvalue weighted by Gasteiger charge is -2.17. The van der Waals surface area contributed by atoms with Crippen LogP contribution in [0.3, 0.4) is 0 Å². The fraction of sp³-hybridized carbons (Fsp3) is 0.750. The zero-order valence-electron chi connectivity index (χ0n) is 9.04. The largest absolute Gasteiger partial charge is 0.448 e. The molecule has 3 heteroatoms. The van der Waals surface area contributed by atoms with Crippen molar-refractivity contribution in [2.45, 2.75) is 56.7 Å². The maximum absolute atomic E-state index is 5.84. The van der Waals surface area contributed by atoms with E-state index in [0.717, 1.165) is 11.5 Å². The van der Waals surface area contributed by atoms with Crippen molar-refractivity contribution in [3.63, 3.8) is 0 Å². The van der Waals surface area contributed by atoms with Gasteiger partial charge in [-0.2, -0.15) is 0 Å². The first kappa shape index (κ1) is 11.0. The summed E-state index contributed by atoms with van der Waals surface area (Å²) >= 11 is 5.84. The number of hydrogen-bond acceptors (Lipinski definition) is 2. The van der Waals surface area contributed by atoms with E-state index in [2.05, 4.69) is 4.98 Å². The maximum Gasteiger partial charge on any atom is 0.181 e. The lowest BCUT2D eigenvalue weighted by molar-refractivity contribution is 0.385. The third-order valence-corrected chi connectivity index (χ3v) is 3.53. The number of rotatable bonds is 2. The summed E-state index contributed by atoms with van der Waals surface area (Å²) in [7, 11) is 0. The summed E-state index contributed by atoms with van der Waals surface area (Å²) in [5.74, 6) is 2.08. The highest BCUT2D eigenvalue weighted by Crippen LogP contribution is 2.32. The average Bonchev–Trinajstić information content (AvgIpc) is 2.65. The Labute approximate surface area is 96.0 Å². The molecule has 1 fully saturated rings. The maximum atomic E-state index is 5.84. The monoisotopic (exact) mass is 227 g/mol. The van der Waals surface area contributed by atoms with Gasteiger partial charge in [-0.15, -0.1) is 11.6 Å². The highest BCUT2D eigenvalue weighted by atomic mass is 35.5. The molecule has 84 valence electrons. The Balaban J connectivity index is 2.06. The minimum Gasteiger partial charge on any atom is -0.448 e. The van der Waals surface area contributed by atoms with Crippen molar-refractivity contribution in [2.24, 2.45) is 0 Å². The first-order chi connectivity index (χ1) is 7.42. The topological polar surface area (TPSA) is 26.0 Å². The summed E-state index contributed by atoms with van der Waals surface area (Å²) in [5.41, 5.74) is 0.947. The fourth-order valence-corrected chi connectivity index (χ4v) is 2.63. The number of oxazole rings is 1. The quantitative estimate of drug-likeness (QED) is 0.707. The third kappa shape index (κ3) is 2.75. The second-order valence-corrected chi connectivity index (χ2v) is 4.61. The lowest BCUT2D eigenvalue weighted by Crippen LogP contribution is -2.03. The van der Waals surface area contributed by atoms with Crippen molar-refractivity contribution >= 4 is 11.6 Å². The van der Waals surface area contributed by atoms with E-state index in [1.54, 1.807) is 0 Å². The summed E-state index contributed by atoms with van der Waals surface area (Å²) in [4.78, 5) is 4.17. The van der Waals surface area contributed by atoms with E-state index in [0.29, 0.717) is 11.8 Å². The molecular formula is C12H18ClNO. The zero-order valence-corrected chi connectivity index (χ0v) is 9.80. The molecular weight excluding hydrogens is 210 g/mol. The van der Waals surface area contributed by atoms with Gasteiger partial charge >= 0.3 is 0 Å². The molecule has 1 aromatic rings. The Morgan fingerprint density at radius 1 is 1.20 bits per heavy atom. The van der Waals surface area contributed by atoms with Crippen molar-refractivity contribution in [3.05, 3.63) is 17.8 Å². The van der Waals surface area contributed by atoms with Crippen molar-refractivity contribution < 1.29 is 4.42 Å². The van der Waals surface area contributed by atoms with Crippen LogP contribution >= 0.6 is 11.6 Å². The normalized spacial score (nSPS) is 19.8.